The van der Waals surface area contributed by atoms with Crippen LogP contribution in [0.25, 0.3) is 0 Å². The van der Waals surface area contributed by atoms with Crippen LogP contribution < -0.4 is 0 Å². The number of pyridine rings is 1. The van der Waals surface area contributed by atoms with Crippen molar-refractivity contribution in [2.45, 2.75) is 12.8 Å². The normalized spacial score (nSPS) is 10.2. The number of hydrogen-bond acceptors (Lipinski definition) is 3. The fraction of sp³-hybridized carbons (Fsp3) is 0.250. The standard InChI is InChI=1S/C8H5ClF2N2O/c9-7-6(14)4(1-2-12)3-5(13-7)8(10)11/h3,8,14H,1H2. The van der Waals surface area contributed by atoms with E-state index in [1.165, 1.54) is 0 Å². The second-order valence-corrected chi connectivity index (χ2v) is 2.84. The van der Waals surface area contributed by atoms with Crippen LogP contribution in [0.1, 0.15) is 17.7 Å². The van der Waals surface area contributed by atoms with Crippen molar-refractivity contribution in [3.8, 4) is 11.8 Å². The fourth-order valence-corrected chi connectivity index (χ4v) is 1.13. The monoisotopic (exact) mass is 218 g/mol. The van der Waals surface area contributed by atoms with Crippen LogP contribution in [0.15, 0.2) is 6.07 Å². The molecule has 0 amide bonds. The van der Waals surface area contributed by atoms with E-state index in [2.05, 4.69) is 4.98 Å². The van der Waals surface area contributed by atoms with Crippen LogP contribution in [0, 0.1) is 11.3 Å². The predicted octanol–water partition coefficient (Wildman–Crippen LogP) is 2.44. The zero-order valence-corrected chi connectivity index (χ0v) is 7.59. The highest BCUT2D eigenvalue weighted by Gasteiger charge is 2.15. The second kappa shape index (κ2) is 4.20. The number of nitrogens with zero attached hydrogens (tertiary/aromatic N) is 2. The molecule has 74 valence electrons. The van der Waals surface area contributed by atoms with Gasteiger partial charge in [0.15, 0.2) is 10.9 Å². The molecule has 0 aliphatic heterocycles. The first kappa shape index (κ1) is 10.7. The maximum absolute atomic E-state index is 12.2. The van der Waals surface area contributed by atoms with Gasteiger partial charge in [0.25, 0.3) is 6.43 Å². The maximum Gasteiger partial charge on any atom is 0.280 e. The van der Waals surface area contributed by atoms with Crippen LogP contribution in [0.4, 0.5) is 8.78 Å². The van der Waals surface area contributed by atoms with Crippen LogP contribution in [0.3, 0.4) is 0 Å². The molecule has 0 spiro atoms. The number of aromatic nitrogens is 1. The van der Waals surface area contributed by atoms with Gasteiger partial charge >= 0.3 is 0 Å². The summed E-state index contributed by atoms with van der Waals surface area (Å²) in [6.07, 6.45) is -2.96. The molecule has 0 saturated heterocycles. The summed E-state index contributed by atoms with van der Waals surface area (Å²) in [5.74, 6) is -0.419. The highest BCUT2D eigenvalue weighted by atomic mass is 35.5. The van der Waals surface area contributed by atoms with Crippen LogP contribution >= 0.6 is 11.6 Å². The Bertz CT molecular complexity index is 390. The lowest BCUT2D eigenvalue weighted by molar-refractivity contribution is 0.146. The number of rotatable bonds is 2. The molecule has 0 saturated carbocycles. The zero-order chi connectivity index (χ0) is 10.7. The van der Waals surface area contributed by atoms with Crippen LogP contribution in [-0.4, -0.2) is 10.1 Å². The Kier molecular flexibility index (Phi) is 3.20. The van der Waals surface area contributed by atoms with Gasteiger partial charge in [0.2, 0.25) is 0 Å². The molecule has 1 heterocycles. The molecule has 1 N–H and O–H groups in total. The number of halogens is 3. The Morgan fingerprint density at radius 1 is 1.64 bits per heavy atom. The van der Waals surface area contributed by atoms with Crippen LogP contribution in [0.5, 0.6) is 5.75 Å². The van der Waals surface area contributed by atoms with Crippen LogP contribution in [-0.2, 0) is 6.42 Å². The molecular formula is C8H5ClF2N2O. The lowest BCUT2D eigenvalue weighted by atomic mass is 10.1. The lowest BCUT2D eigenvalue weighted by Crippen LogP contribution is -1.95. The van der Waals surface area contributed by atoms with Gasteiger partial charge in [-0.15, -0.1) is 0 Å². The van der Waals surface area contributed by atoms with Gasteiger partial charge in [0, 0.05) is 5.56 Å². The van der Waals surface area contributed by atoms with Gasteiger partial charge in [-0.2, -0.15) is 5.26 Å². The highest BCUT2D eigenvalue weighted by molar-refractivity contribution is 6.30. The van der Waals surface area contributed by atoms with E-state index in [4.69, 9.17) is 16.9 Å². The first-order valence-corrected chi connectivity index (χ1v) is 3.97. The Morgan fingerprint density at radius 2 is 2.29 bits per heavy atom. The van der Waals surface area contributed by atoms with E-state index >= 15 is 0 Å². The van der Waals surface area contributed by atoms with Crippen molar-refractivity contribution in [1.29, 1.82) is 5.26 Å². The van der Waals surface area contributed by atoms with Gasteiger partial charge in [-0.1, -0.05) is 11.6 Å². The molecular weight excluding hydrogens is 214 g/mol. The molecule has 0 fully saturated rings. The first-order valence-electron chi connectivity index (χ1n) is 3.59. The SMILES string of the molecule is N#CCc1cc(C(F)F)nc(Cl)c1O. The third-order valence-electron chi connectivity index (χ3n) is 1.54. The molecule has 1 aromatic rings. The Hall–Kier alpha value is -1.41. The highest BCUT2D eigenvalue weighted by Crippen LogP contribution is 2.29. The summed E-state index contributed by atoms with van der Waals surface area (Å²) >= 11 is 5.39. The van der Waals surface area contributed by atoms with Crippen molar-refractivity contribution < 1.29 is 13.9 Å². The van der Waals surface area contributed by atoms with E-state index < -0.39 is 23.0 Å². The van der Waals surface area contributed by atoms with Gasteiger partial charge in [-0.3, -0.25) is 0 Å². The Balaban J connectivity index is 3.22. The molecule has 14 heavy (non-hydrogen) atoms. The summed E-state index contributed by atoms with van der Waals surface area (Å²) in [6.45, 7) is 0. The van der Waals surface area contributed by atoms with Crippen molar-refractivity contribution in [3.63, 3.8) is 0 Å². The largest absolute Gasteiger partial charge is 0.504 e. The van der Waals surface area contributed by atoms with Crippen LogP contribution in [0.2, 0.25) is 5.15 Å². The minimum Gasteiger partial charge on any atom is -0.504 e. The third kappa shape index (κ3) is 2.09. The van der Waals surface area contributed by atoms with Gasteiger partial charge in [0.05, 0.1) is 12.5 Å². The quantitative estimate of drug-likeness (QED) is 0.776. The number of aromatic hydroxyl groups is 1. The molecule has 0 aliphatic carbocycles. The molecule has 3 nitrogen and oxygen atoms in total. The van der Waals surface area contributed by atoms with Crippen molar-refractivity contribution in [3.05, 3.63) is 22.5 Å². The summed E-state index contributed by atoms with van der Waals surface area (Å²) in [7, 11) is 0. The molecule has 0 aliphatic rings. The van der Waals surface area contributed by atoms with Gasteiger partial charge in [-0.25, -0.2) is 13.8 Å². The summed E-state index contributed by atoms with van der Waals surface area (Å²) in [5.41, 5.74) is -0.485. The van der Waals surface area contributed by atoms with Crippen molar-refractivity contribution in [2.24, 2.45) is 0 Å². The topological polar surface area (TPSA) is 56.9 Å². The van der Waals surface area contributed by atoms with E-state index in [-0.39, 0.29) is 12.0 Å². The number of nitriles is 1. The zero-order valence-electron chi connectivity index (χ0n) is 6.84. The maximum atomic E-state index is 12.2. The summed E-state index contributed by atoms with van der Waals surface area (Å²) in [5, 5.41) is 17.2. The fourth-order valence-electron chi connectivity index (χ4n) is 0.910. The molecule has 0 unspecified atom stereocenters. The summed E-state index contributed by atoms with van der Waals surface area (Å²) in [6, 6.07) is 2.69. The van der Waals surface area contributed by atoms with E-state index in [0.29, 0.717) is 0 Å². The Labute approximate surface area is 83.6 Å². The molecule has 0 radical (unpaired) electrons. The van der Waals surface area contributed by atoms with E-state index in [1.807, 2.05) is 0 Å². The molecule has 0 aromatic carbocycles. The molecule has 1 rings (SSSR count). The van der Waals surface area contributed by atoms with E-state index in [1.54, 1.807) is 6.07 Å². The minimum atomic E-state index is -2.77. The average Bonchev–Trinajstić information content (AvgIpc) is 2.12. The predicted molar refractivity (Wildman–Crippen MR) is 45.2 cm³/mol. The summed E-state index contributed by atoms with van der Waals surface area (Å²) in [4.78, 5) is 3.27. The summed E-state index contributed by atoms with van der Waals surface area (Å²) < 4.78 is 24.4. The lowest BCUT2D eigenvalue weighted by Gasteiger charge is -2.05. The minimum absolute atomic E-state index is 0.0581. The number of hydrogen-bond donors (Lipinski definition) is 1. The van der Waals surface area contributed by atoms with Gasteiger partial charge in [-0.05, 0) is 6.07 Å². The average molecular weight is 219 g/mol. The smallest absolute Gasteiger partial charge is 0.280 e. The van der Waals surface area contributed by atoms with Crippen molar-refractivity contribution >= 4 is 11.6 Å². The van der Waals surface area contributed by atoms with E-state index in [9.17, 15) is 13.9 Å². The first-order chi connectivity index (χ1) is 6.56. The van der Waals surface area contributed by atoms with Crippen molar-refractivity contribution in [1.82, 2.24) is 4.98 Å². The Morgan fingerprint density at radius 3 is 2.79 bits per heavy atom. The van der Waals surface area contributed by atoms with Gasteiger partial charge < -0.3 is 5.11 Å². The molecule has 0 atom stereocenters. The molecule has 0 bridgehead atoms. The number of alkyl halides is 2. The van der Waals surface area contributed by atoms with E-state index in [0.717, 1.165) is 6.07 Å². The molecule has 1 aromatic heterocycles. The molecule has 6 heteroatoms. The second-order valence-electron chi connectivity index (χ2n) is 2.48. The van der Waals surface area contributed by atoms with Crippen molar-refractivity contribution in [2.75, 3.05) is 0 Å². The third-order valence-corrected chi connectivity index (χ3v) is 1.81. The van der Waals surface area contributed by atoms with Gasteiger partial charge in [0.1, 0.15) is 5.69 Å².